The van der Waals surface area contributed by atoms with Crippen molar-refractivity contribution >= 4 is 17.2 Å². The van der Waals surface area contributed by atoms with E-state index in [0.717, 1.165) is 58.1 Å². The van der Waals surface area contributed by atoms with Gasteiger partial charge >= 0.3 is 0 Å². The van der Waals surface area contributed by atoms with Crippen LogP contribution in [0.5, 0.6) is 5.75 Å². The third-order valence-corrected chi connectivity index (χ3v) is 5.35. The molecule has 2 heterocycles. The third-order valence-electron chi connectivity index (χ3n) is 5.35. The Hall–Kier alpha value is -3.74. The van der Waals surface area contributed by atoms with Crippen LogP contribution >= 0.6 is 0 Å². The number of hydrogen-bond donors (Lipinski definition) is 1. The zero-order chi connectivity index (χ0) is 19.8. The zero-order valence-electron chi connectivity index (χ0n) is 15.9. The number of nitrogens with zero attached hydrogens (tertiary/aromatic N) is 4. The number of fused-ring (bicyclic) bond motifs is 2. The largest absolute Gasteiger partial charge is 0.497 e. The van der Waals surface area contributed by atoms with E-state index in [0.29, 0.717) is 0 Å². The molecule has 5 rings (SSSR count). The number of ether oxygens (including phenoxy) is 1. The van der Waals surface area contributed by atoms with E-state index in [4.69, 9.17) is 9.72 Å². The van der Waals surface area contributed by atoms with E-state index >= 15 is 0 Å². The molecule has 0 fully saturated rings. The smallest absolute Gasteiger partial charge is 0.157 e. The van der Waals surface area contributed by atoms with E-state index in [1.807, 2.05) is 47.0 Å². The van der Waals surface area contributed by atoms with Gasteiger partial charge in [0.2, 0.25) is 0 Å². The Morgan fingerprint density at radius 1 is 1.24 bits per heavy atom. The van der Waals surface area contributed by atoms with Gasteiger partial charge < -0.3 is 10.1 Å². The molecule has 7 nitrogen and oxygen atoms in total. The molecule has 29 heavy (non-hydrogen) atoms. The van der Waals surface area contributed by atoms with Crippen molar-refractivity contribution in [1.29, 1.82) is 0 Å². The van der Waals surface area contributed by atoms with Crippen molar-refractivity contribution < 1.29 is 4.74 Å². The minimum atomic E-state index is -0.228. The summed E-state index contributed by atoms with van der Waals surface area (Å²) < 4.78 is 7.35. The van der Waals surface area contributed by atoms with Crippen LogP contribution in [0, 0.1) is 4.91 Å². The molecule has 0 saturated heterocycles. The van der Waals surface area contributed by atoms with Crippen molar-refractivity contribution in [3.8, 4) is 17.0 Å². The lowest BCUT2D eigenvalue weighted by molar-refractivity contribution is 0.415. The number of rotatable bonds is 5. The molecule has 0 aliphatic heterocycles. The number of nitrogens with one attached hydrogen (secondary N) is 1. The summed E-state index contributed by atoms with van der Waals surface area (Å²) in [5, 5.41) is 6.76. The molecule has 7 heteroatoms. The highest BCUT2D eigenvalue weighted by atomic mass is 16.5. The molecular weight excluding hydrogens is 366 g/mol. The van der Waals surface area contributed by atoms with Gasteiger partial charge in [-0.25, -0.2) is 4.98 Å². The van der Waals surface area contributed by atoms with E-state index in [-0.39, 0.29) is 6.04 Å². The van der Waals surface area contributed by atoms with Crippen LogP contribution in [0.25, 0.3) is 16.9 Å². The van der Waals surface area contributed by atoms with E-state index in [9.17, 15) is 4.91 Å². The third kappa shape index (κ3) is 3.00. The molecule has 0 spiro atoms. The van der Waals surface area contributed by atoms with Gasteiger partial charge in [0.1, 0.15) is 23.3 Å². The van der Waals surface area contributed by atoms with Crippen molar-refractivity contribution in [2.45, 2.75) is 18.9 Å². The van der Waals surface area contributed by atoms with Gasteiger partial charge in [0.15, 0.2) is 5.65 Å². The highest BCUT2D eigenvalue weighted by molar-refractivity contribution is 5.80. The summed E-state index contributed by atoms with van der Waals surface area (Å²) in [6.07, 6.45) is 6.99. The van der Waals surface area contributed by atoms with Gasteiger partial charge in [0.25, 0.3) is 0 Å². The Kier molecular flexibility index (Phi) is 4.20. The molecule has 0 amide bonds. The Balaban J connectivity index is 1.60. The van der Waals surface area contributed by atoms with Crippen LogP contribution in [-0.2, 0) is 6.42 Å². The quantitative estimate of drug-likeness (QED) is 0.494. The fourth-order valence-electron chi connectivity index (χ4n) is 3.92. The predicted octanol–water partition coefficient (Wildman–Crippen LogP) is 4.90. The number of nitroso groups, excluding NO2 is 1. The van der Waals surface area contributed by atoms with Gasteiger partial charge in [-0.05, 0) is 48.2 Å². The summed E-state index contributed by atoms with van der Waals surface area (Å²) >= 11 is 0. The van der Waals surface area contributed by atoms with Gasteiger partial charge in [-0.3, -0.25) is 9.38 Å². The first-order valence-electron chi connectivity index (χ1n) is 9.45. The Morgan fingerprint density at radius 2 is 2.17 bits per heavy atom. The van der Waals surface area contributed by atoms with Gasteiger partial charge in [-0.2, -0.15) is 4.91 Å². The molecule has 2 aromatic carbocycles. The fourth-order valence-corrected chi connectivity index (χ4v) is 3.92. The molecule has 0 bridgehead atoms. The molecular formula is C22H19N5O2. The van der Waals surface area contributed by atoms with E-state index in [1.54, 1.807) is 19.5 Å². The van der Waals surface area contributed by atoms with Crippen molar-refractivity contribution in [3.05, 3.63) is 77.1 Å². The Labute approximate surface area is 167 Å². The summed E-state index contributed by atoms with van der Waals surface area (Å²) in [7, 11) is 1.65. The molecule has 2 aromatic heterocycles. The first kappa shape index (κ1) is 17.4. The van der Waals surface area contributed by atoms with E-state index in [2.05, 4.69) is 21.5 Å². The zero-order valence-corrected chi connectivity index (χ0v) is 15.9. The first-order valence-corrected chi connectivity index (χ1v) is 9.45. The first-order chi connectivity index (χ1) is 14.3. The number of benzene rings is 2. The lowest BCUT2D eigenvalue weighted by Gasteiger charge is -2.11. The maximum atomic E-state index is 11.0. The van der Waals surface area contributed by atoms with Crippen molar-refractivity contribution in [2.75, 3.05) is 12.4 Å². The monoisotopic (exact) mass is 385 g/mol. The number of aromatic nitrogens is 3. The maximum absolute atomic E-state index is 11.0. The summed E-state index contributed by atoms with van der Waals surface area (Å²) in [5.41, 5.74) is 5.64. The minimum absolute atomic E-state index is 0.228. The second-order valence-corrected chi connectivity index (χ2v) is 7.04. The molecule has 144 valence electrons. The fraction of sp³-hybridized carbons (Fsp3) is 0.182. The Bertz CT molecular complexity index is 1220. The summed E-state index contributed by atoms with van der Waals surface area (Å²) in [6, 6.07) is 13.7. The lowest BCUT2D eigenvalue weighted by atomic mass is 10.1. The average molecular weight is 385 g/mol. The van der Waals surface area contributed by atoms with Gasteiger partial charge in [-0.1, -0.05) is 23.4 Å². The topological polar surface area (TPSA) is 80.9 Å². The van der Waals surface area contributed by atoms with Gasteiger partial charge in [0, 0.05) is 23.6 Å². The Morgan fingerprint density at radius 3 is 3.03 bits per heavy atom. The van der Waals surface area contributed by atoms with Gasteiger partial charge in [-0.15, -0.1) is 0 Å². The average Bonchev–Trinajstić information content (AvgIpc) is 3.35. The van der Waals surface area contributed by atoms with E-state index < -0.39 is 0 Å². The van der Waals surface area contributed by atoms with Gasteiger partial charge in [0.05, 0.1) is 13.3 Å². The molecule has 4 aromatic rings. The molecule has 1 N–H and O–H groups in total. The lowest BCUT2D eigenvalue weighted by Crippen LogP contribution is -1.98. The molecule has 1 aliphatic rings. The molecule has 1 unspecified atom stereocenters. The van der Waals surface area contributed by atoms with Crippen LogP contribution in [0.3, 0.4) is 0 Å². The highest BCUT2D eigenvalue weighted by Crippen LogP contribution is 2.37. The summed E-state index contributed by atoms with van der Waals surface area (Å²) in [6.45, 7) is 0. The number of hydrogen-bond acceptors (Lipinski definition) is 6. The van der Waals surface area contributed by atoms with Crippen LogP contribution in [0.4, 0.5) is 11.5 Å². The second-order valence-electron chi connectivity index (χ2n) is 7.04. The number of anilines is 2. The normalized spacial score (nSPS) is 15.3. The highest BCUT2D eigenvalue weighted by Gasteiger charge is 2.23. The number of aryl methyl sites for hydroxylation is 1. The van der Waals surface area contributed by atoms with Crippen molar-refractivity contribution in [3.63, 3.8) is 0 Å². The predicted molar refractivity (Wildman–Crippen MR) is 112 cm³/mol. The van der Waals surface area contributed by atoms with Crippen molar-refractivity contribution in [2.24, 2.45) is 5.18 Å². The van der Waals surface area contributed by atoms with Crippen LogP contribution in [0.2, 0.25) is 0 Å². The molecule has 1 atom stereocenters. The number of methoxy groups -OCH3 is 1. The number of imidazole rings is 1. The molecule has 0 saturated carbocycles. The molecule has 1 aliphatic carbocycles. The standard InChI is InChI=1S/C22H19N5O2/c1-29-17-4-2-3-15(12-17)21-22(27-10-9-23-13-20(27)25-21)24-16-6-7-18-14(11-16)5-8-19(18)26-28/h2-4,6-7,9-13,19,24H,5,8H2,1H3. The van der Waals surface area contributed by atoms with Crippen LogP contribution < -0.4 is 10.1 Å². The van der Waals surface area contributed by atoms with Crippen LogP contribution in [0.1, 0.15) is 23.6 Å². The summed E-state index contributed by atoms with van der Waals surface area (Å²) in [4.78, 5) is 20.0. The van der Waals surface area contributed by atoms with Crippen molar-refractivity contribution in [1.82, 2.24) is 14.4 Å². The second kappa shape index (κ2) is 7.01. The molecule has 0 radical (unpaired) electrons. The van der Waals surface area contributed by atoms with Crippen LogP contribution in [-0.4, -0.2) is 21.5 Å². The van der Waals surface area contributed by atoms with E-state index in [1.165, 1.54) is 0 Å². The minimum Gasteiger partial charge on any atom is -0.497 e. The summed E-state index contributed by atoms with van der Waals surface area (Å²) in [5.74, 6) is 1.62. The maximum Gasteiger partial charge on any atom is 0.157 e. The van der Waals surface area contributed by atoms with Crippen LogP contribution in [0.15, 0.2) is 66.2 Å². The SMILES string of the molecule is COc1cccc(-c2nc3cnccn3c2Nc2ccc3c(c2)CCC3N=O)c1.